The maximum absolute atomic E-state index is 12.8. The van der Waals surface area contributed by atoms with Crippen LogP contribution in [0.2, 0.25) is 0 Å². The molecule has 1 aliphatic carbocycles. The summed E-state index contributed by atoms with van der Waals surface area (Å²) in [5.74, 6) is 1.98. The van der Waals surface area contributed by atoms with Crippen molar-refractivity contribution >= 4 is 34.2 Å². The summed E-state index contributed by atoms with van der Waals surface area (Å²) >= 11 is -0.235. The molecule has 0 radical (unpaired) electrons. The number of halogens is 3. The summed E-state index contributed by atoms with van der Waals surface area (Å²) < 4.78 is 50.5. The number of pyridine rings is 1. The molecule has 0 unspecified atom stereocenters. The van der Waals surface area contributed by atoms with Crippen LogP contribution in [0.4, 0.5) is 24.8 Å². The van der Waals surface area contributed by atoms with Crippen LogP contribution in [0.15, 0.2) is 22.2 Å². The Hall–Kier alpha value is -2.43. The SMILES string of the molecule is N#Cc1c(N2CCC(c3ncc(SC(F)(F)F)cn3)CC2)nc(NC2(CO)CCC2)c2c1CC[S@]2=O. The fourth-order valence-corrected chi connectivity index (χ4v) is 6.93. The van der Waals surface area contributed by atoms with Gasteiger partial charge >= 0.3 is 5.51 Å². The molecule has 2 fully saturated rings. The lowest BCUT2D eigenvalue weighted by Crippen LogP contribution is -2.48. The van der Waals surface area contributed by atoms with Gasteiger partial charge in [0.15, 0.2) is 0 Å². The van der Waals surface area contributed by atoms with E-state index in [1.807, 2.05) is 4.90 Å². The normalized spacial score (nSPS) is 21.5. The third kappa shape index (κ3) is 4.90. The molecule has 1 saturated heterocycles. The second-order valence-corrected chi connectivity index (χ2v) is 12.0. The van der Waals surface area contributed by atoms with E-state index in [1.54, 1.807) is 0 Å². The molecule has 0 bridgehead atoms. The lowest BCUT2D eigenvalue weighted by Gasteiger charge is -2.42. The van der Waals surface area contributed by atoms with Crippen molar-refractivity contribution in [3.63, 3.8) is 0 Å². The molecule has 0 amide bonds. The van der Waals surface area contributed by atoms with Crippen LogP contribution in [0.5, 0.6) is 0 Å². The van der Waals surface area contributed by atoms with Crippen LogP contribution < -0.4 is 10.2 Å². The first-order chi connectivity index (χ1) is 17.2. The minimum Gasteiger partial charge on any atom is -0.394 e. The van der Waals surface area contributed by atoms with E-state index in [2.05, 4.69) is 21.4 Å². The van der Waals surface area contributed by atoms with Gasteiger partial charge in [-0.25, -0.2) is 15.0 Å². The zero-order chi connectivity index (χ0) is 25.5. The summed E-state index contributed by atoms with van der Waals surface area (Å²) in [6.45, 7) is 1.10. The van der Waals surface area contributed by atoms with Gasteiger partial charge in [-0.05, 0) is 55.9 Å². The molecule has 192 valence electrons. The minimum atomic E-state index is -4.38. The number of anilines is 2. The van der Waals surface area contributed by atoms with Crippen molar-refractivity contribution in [1.82, 2.24) is 15.0 Å². The highest BCUT2D eigenvalue weighted by Crippen LogP contribution is 2.42. The van der Waals surface area contributed by atoms with Crippen LogP contribution >= 0.6 is 11.8 Å². The fraction of sp³-hybridized carbons (Fsp3) is 0.565. The van der Waals surface area contributed by atoms with Crippen molar-refractivity contribution in [1.29, 1.82) is 5.26 Å². The Balaban J connectivity index is 1.36. The van der Waals surface area contributed by atoms with Gasteiger partial charge in [0.25, 0.3) is 0 Å². The molecule has 4 heterocycles. The fourth-order valence-electron chi connectivity index (χ4n) is 5.07. The summed E-state index contributed by atoms with van der Waals surface area (Å²) in [6, 6.07) is 2.28. The number of piperidine rings is 1. The summed E-state index contributed by atoms with van der Waals surface area (Å²) in [6.07, 6.45) is 6.86. The average molecular weight is 539 g/mol. The number of hydrogen-bond donors (Lipinski definition) is 2. The highest BCUT2D eigenvalue weighted by atomic mass is 32.2. The third-order valence-electron chi connectivity index (χ3n) is 7.15. The molecule has 36 heavy (non-hydrogen) atoms. The van der Waals surface area contributed by atoms with Crippen molar-refractivity contribution in [2.75, 3.05) is 35.7 Å². The standard InChI is InChI=1S/C23H25F3N6O2S2/c24-23(25,26)35-15-11-28-19(29-12-15)14-2-7-32(8-3-14)21-17(10-27)16-4-9-36(34)18(16)20(30-21)31-22(13-33)5-1-6-22/h11-12,14,33H,1-9,13H2,(H,30,31)/t36-/m1/s1. The number of nitrogens with one attached hydrogen (secondary N) is 1. The van der Waals surface area contributed by atoms with E-state index in [0.717, 1.165) is 24.8 Å². The van der Waals surface area contributed by atoms with E-state index >= 15 is 0 Å². The van der Waals surface area contributed by atoms with Gasteiger partial charge in [-0.2, -0.15) is 18.4 Å². The maximum Gasteiger partial charge on any atom is 0.446 e. The molecule has 1 atom stereocenters. The molecule has 2 aromatic rings. The van der Waals surface area contributed by atoms with E-state index in [-0.39, 0.29) is 29.2 Å². The number of nitrogens with zero attached hydrogens (tertiary/aromatic N) is 5. The Morgan fingerprint density at radius 3 is 2.53 bits per heavy atom. The van der Waals surface area contributed by atoms with E-state index < -0.39 is 21.8 Å². The molecule has 0 aromatic carbocycles. The molecule has 8 nitrogen and oxygen atoms in total. The van der Waals surface area contributed by atoms with Crippen LogP contribution in [0, 0.1) is 11.3 Å². The number of thioether (sulfide) groups is 1. The predicted octanol–water partition coefficient (Wildman–Crippen LogP) is 3.73. The van der Waals surface area contributed by atoms with Crippen LogP contribution in [-0.2, 0) is 17.2 Å². The zero-order valence-electron chi connectivity index (χ0n) is 19.3. The van der Waals surface area contributed by atoms with Crippen molar-refractivity contribution in [3.05, 3.63) is 29.3 Å². The molecule has 2 aliphatic heterocycles. The Morgan fingerprint density at radius 2 is 1.97 bits per heavy atom. The smallest absolute Gasteiger partial charge is 0.394 e. The van der Waals surface area contributed by atoms with Crippen LogP contribution in [0.3, 0.4) is 0 Å². The van der Waals surface area contributed by atoms with E-state index in [9.17, 15) is 27.7 Å². The summed E-state index contributed by atoms with van der Waals surface area (Å²) in [4.78, 5) is 15.7. The molecule has 13 heteroatoms. The molecule has 2 aromatic heterocycles. The Kier molecular flexibility index (Phi) is 6.86. The molecule has 0 spiro atoms. The molecule has 5 rings (SSSR count). The van der Waals surface area contributed by atoms with Gasteiger partial charge in [-0.3, -0.25) is 4.21 Å². The topological polar surface area (TPSA) is 115 Å². The molecule has 3 aliphatic rings. The summed E-state index contributed by atoms with van der Waals surface area (Å²) in [5, 5.41) is 23.3. The quantitative estimate of drug-likeness (QED) is 0.531. The van der Waals surface area contributed by atoms with Crippen molar-refractivity contribution in [3.8, 4) is 6.07 Å². The number of hydrogen-bond acceptors (Lipinski definition) is 9. The first-order valence-electron chi connectivity index (χ1n) is 11.8. The van der Waals surface area contributed by atoms with Crippen molar-refractivity contribution < 1.29 is 22.5 Å². The molecule has 1 saturated carbocycles. The number of aliphatic hydroxyl groups is 1. The largest absolute Gasteiger partial charge is 0.446 e. The molecular formula is C23H25F3N6O2S2. The van der Waals surface area contributed by atoms with Gasteiger partial charge in [0, 0.05) is 37.2 Å². The lowest BCUT2D eigenvalue weighted by molar-refractivity contribution is -0.0328. The Labute approximate surface area is 213 Å². The van der Waals surface area contributed by atoms with Crippen LogP contribution in [0.25, 0.3) is 0 Å². The van der Waals surface area contributed by atoms with Gasteiger partial charge < -0.3 is 15.3 Å². The highest BCUT2D eigenvalue weighted by Gasteiger charge is 2.40. The summed E-state index contributed by atoms with van der Waals surface area (Å²) in [5.41, 5.74) is -3.65. The summed E-state index contributed by atoms with van der Waals surface area (Å²) in [7, 11) is -1.25. The van der Waals surface area contributed by atoms with Gasteiger partial charge in [-0.15, -0.1) is 0 Å². The van der Waals surface area contributed by atoms with Crippen molar-refractivity contribution in [2.24, 2.45) is 0 Å². The first-order valence-corrected chi connectivity index (χ1v) is 13.9. The third-order valence-corrected chi connectivity index (χ3v) is 9.30. The monoisotopic (exact) mass is 538 g/mol. The second-order valence-electron chi connectivity index (χ2n) is 9.38. The molecule has 2 N–H and O–H groups in total. The number of aliphatic hydroxyl groups excluding tert-OH is 1. The number of fused-ring (bicyclic) bond motifs is 1. The molecular weight excluding hydrogens is 513 g/mol. The Bertz CT molecular complexity index is 1200. The van der Waals surface area contributed by atoms with E-state index in [0.29, 0.717) is 66.0 Å². The van der Waals surface area contributed by atoms with Gasteiger partial charge in [-0.1, -0.05) is 0 Å². The van der Waals surface area contributed by atoms with E-state index in [1.165, 1.54) is 12.4 Å². The van der Waals surface area contributed by atoms with E-state index in [4.69, 9.17) is 4.98 Å². The average Bonchev–Trinajstić information content (AvgIpc) is 3.22. The Morgan fingerprint density at radius 1 is 1.28 bits per heavy atom. The van der Waals surface area contributed by atoms with Gasteiger partial charge in [0.05, 0.1) is 38.3 Å². The number of nitriles is 1. The maximum atomic E-state index is 12.8. The zero-order valence-corrected chi connectivity index (χ0v) is 21.0. The lowest BCUT2D eigenvalue weighted by atomic mass is 9.77. The number of aromatic nitrogens is 3. The van der Waals surface area contributed by atoms with Gasteiger partial charge in [0.1, 0.15) is 23.5 Å². The van der Waals surface area contributed by atoms with Crippen LogP contribution in [-0.4, -0.2) is 60.8 Å². The highest BCUT2D eigenvalue weighted by molar-refractivity contribution is 8.00. The number of rotatable bonds is 6. The first kappa shape index (κ1) is 25.2. The minimum absolute atomic E-state index is 0.0103. The van der Waals surface area contributed by atoms with Crippen molar-refractivity contribution in [2.45, 2.75) is 65.3 Å². The van der Waals surface area contributed by atoms with Gasteiger partial charge in [0.2, 0.25) is 0 Å². The van der Waals surface area contributed by atoms with Crippen LogP contribution in [0.1, 0.15) is 55.0 Å². The second kappa shape index (κ2) is 9.79. The number of alkyl halides is 3. The predicted molar refractivity (Wildman–Crippen MR) is 129 cm³/mol.